The van der Waals surface area contributed by atoms with Crippen LogP contribution in [0.25, 0.3) is 11.0 Å². The second-order valence-corrected chi connectivity index (χ2v) is 9.83. The first-order valence-corrected chi connectivity index (χ1v) is 11.4. The summed E-state index contributed by atoms with van der Waals surface area (Å²) >= 11 is 12.0. The molecular weight excluding hydrogens is 451 g/mol. The first-order valence-electron chi connectivity index (χ1n) is 9.22. The molecule has 158 valence electrons. The minimum absolute atomic E-state index is 0.0339. The number of amides is 1. The lowest BCUT2D eigenvalue weighted by molar-refractivity contribution is -0.120. The number of nitrogens with one attached hydrogen (secondary N) is 3. The van der Waals surface area contributed by atoms with Crippen LogP contribution in [0.15, 0.2) is 46.1 Å². The van der Waals surface area contributed by atoms with Gasteiger partial charge in [0.1, 0.15) is 4.90 Å². The van der Waals surface area contributed by atoms with Gasteiger partial charge in [-0.3, -0.25) is 4.79 Å². The van der Waals surface area contributed by atoms with E-state index >= 15 is 0 Å². The largest absolute Gasteiger partial charge is 0.326 e. The van der Waals surface area contributed by atoms with Crippen molar-refractivity contribution in [2.45, 2.75) is 17.7 Å². The SMILES string of the molecule is O=C(Nc1ccc2[nH]c(=O)[nH]c2c1)C1CCN(S(=O)(=O)c2cc(Cl)ccc2Cl)CC1. The second-order valence-electron chi connectivity index (χ2n) is 7.08. The zero-order valence-corrected chi connectivity index (χ0v) is 17.9. The summed E-state index contributed by atoms with van der Waals surface area (Å²) in [7, 11) is -3.80. The summed E-state index contributed by atoms with van der Waals surface area (Å²) in [5.74, 6) is -0.516. The first kappa shape index (κ1) is 20.9. The summed E-state index contributed by atoms with van der Waals surface area (Å²) in [6.45, 7) is 0.404. The Kier molecular flexibility index (Phi) is 5.63. The highest BCUT2D eigenvalue weighted by Crippen LogP contribution is 2.30. The van der Waals surface area contributed by atoms with E-state index < -0.39 is 10.0 Å². The van der Waals surface area contributed by atoms with Gasteiger partial charge in [0, 0.05) is 29.7 Å². The number of piperidine rings is 1. The van der Waals surface area contributed by atoms with Crippen LogP contribution in [0, 0.1) is 5.92 Å². The molecule has 0 bridgehead atoms. The second kappa shape index (κ2) is 8.07. The maximum Gasteiger partial charge on any atom is 0.323 e. The van der Waals surface area contributed by atoms with Crippen molar-refractivity contribution in [2.75, 3.05) is 18.4 Å². The number of halogens is 2. The topological polar surface area (TPSA) is 115 Å². The summed E-state index contributed by atoms with van der Waals surface area (Å²) in [4.78, 5) is 29.2. The monoisotopic (exact) mass is 468 g/mol. The van der Waals surface area contributed by atoms with E-state index in [1.165, 1.54) is 22.5 Å². The van der Waals surface area contributed by atoms with Crippen LogP contribution in [0.4, 0.5) is 5.69 Å². The molecule has 2 heterocycles. The fourth-order valence-electron chi connectivity index (χ4n) is 3.53. The van der Waals surface area contributed by atoms with Gasteiger partial charge < -0.3 is 15.3 Å². The number of fused-ring (bicyclic) bond motifs is 1. The molecule has 1 saturated heterocycles. The van der Waals surface area contributed by atoms with Crippen LogP contribution in [-0.2, 0) is 14.8 Å². The van der Waals surface area contributed by atoms with Gasteiger partial charge in [-0.1, -0.05) is 23.2 Å². The van der Waals surface area contributed by atoms with Crippen molar-refractivity contribution in [3.05, 3.63) is 56.9 Å². The lowest BCUT2D eigenvalue weighted by Gasteiger charge is -2.30. The third-order valence-corrected chi connectivity index (χ3v) is 7.73. The van der Waals surface area contributed by atoms with Crippen molar-refractivity contribution in [2.24, 2.45) is 5.92 Å². The van der Waals surface area contributed by atoms with Gasteiger partial charge in [0.2, 0.25) is 15.9 Å². The number of anilines is 1. The molecule has 3 N–H and O–H groups in total. The Labute approximate surface area is 182 Å². The molecule has 4 rings (SSSR count). The minimum atomic E-state index is -3.80. The molecule has 0 spiro atoms. The van der Waals surface area contributed by atoms with Crippen LogP contribution in [0.2, 0.25) is 10.0 Å². The van der Waals surface area contributed by atoms with Crippen LogP contribution in [-0.4, -0.2) is 41.7 Å². The smallest absolute Gasteiger partial charge is 0.323 e. The Morgan fingerprint density at radius 1 is 1.03 bits per heavy atom. The molecule has 11 heteroatoms. The molecule has 0 radical (unpaired) electrons. The molecule has 1 fully saturated rings. The molecule has 1 amide bonds. The molecule has 1 aliphatic rings. The summed E-state index contributed by atoms with van der Waals surface area (Å²) in [5.41, 5.74) is 1.48. The summed E-state index contributed by atoms with van der Waals surface area (Å²) in [5, 5.41) is 3.23. The number of hydrogen-bond donors (Lipinski definition) is 3. The standard InChI is InChI=1S/C19H18Cl2N4O4S/c20-12-1-3-14(21)17(9-12)30(28,29)25-7-5-11(6-8-25)18(26)22-13-2-4-15-16(10-13)24-19(27)23-15/h1-4,9-11H,5-8H2,(H,22,26)(H2,23,24,27). The number of hydrogen-bond acceptors (Lipinski definition) is 4. The lowest BCUT2D eigenvalue weighted by atomic mass is 9.97. The Hall–Kier alpha value is -2.33. The average molecular weight is 469 g/mol. The zero-order valence-electron chi connectivity index (χ0n) is 15.6. The van der Waals surface area contributed by atoms with E-state index in [2.05, 4.69) is 15.3 Å². The average Bonchev–Trinajstić information content (AvgIpc) is 3.09. The third kappa shape index (κ3) is 4.11. The first-order chi connectivity index (χ1) is 14.2. The number of benzene rings is 2. The van der Waals surface area contributed by atoms with Crippen molar-refractivity contribution in [3.63, 3.8) is 0 Å². The fraction of sp³-hybridized carbons (Fsp3) is 0.263. The van der Waals surface area contributed by atoms with E-state index in [9.17, 15) is 18.0 Å². The van der Waals surface area contributed by atoms with Crippen molar-refractivity contribution in [1.29, 1.82) is 0 Å². The summed E-state index contributed by atoms with van der Waals surface area (Å²) < 4.78 is 27.1. The van der Waals surface area contributed by atoms with Gasteiger partial charge in [0.25, 0.3) is 0 Å². The van der Waals surface area contributed by atoms with Crippen LogP contribution >= 0.6 is 23.2 Å². The van der Waals surface area contributed by atoms with Crippen LogP contribution < -0.4 is 11.0 Å². The van der Waals surface area contributed by atoms with E-state index in [1.54, 1.807) is 18.2 Å². The number of aromatic amines is 2. The number of nitrogens with zero attached hydrogens (tertiary/aromatic N) is 1. The predicted molar refractivity (Wildman–Crippen MR) is 115 cm³/mol. The number of aromatic nitrogens is 2. The maximum absolute atomic E-state index is 12.9. The molecule has 2 aromatic carbocycles. The number of H-pyrrole nitrogens is 2. The Balaban J connectivity index is 1.42. The molecule has 0 unspecified atom stereocenters. The fourth-order valence-corrected chi connectivity index (χ4v) is 5.73. The normalized spacial score (nSPS) is 16.1. The van der Waals surface area contributed by atoms with E-state index in [0.29, 0.717) is 29.6 Å². The molecular formula is C19H18Cl2N4O4S. The highest BCUT2D eigenvalue weighted by atomic mass is 35.5. The van der Waals surface area contributed by atoms with Crippen molar-refractivity contribution >= 4 is 55.9 Å². The van der Waals surface area contributed by atoms with Gasteiger partial charge in [0.05, 0.1) is 16.1 Å². The van der Waals surface area contributed by atoms with Crippen molar-refractivity contribution in [1.82, 2.24) is 14.3 Å². The zero-order chi connectivity index (χ0) is 21.5. The molecule has 8 nitrogen and oxygen atoms in total. The van der Waals surface area contributed by atoms with Gasteiger partial charge in [-0.05, 0) is 49.2 Å². The van der Waals surface area contributed by atoms with E-state index in [4.69, 9.17) is 23.2 Å². The lowest BCUT2D eigenvalue weighted by Crippen LogP contribution is -2.41. The van der Waals surface area contributed by atoms with E-state index in [-0.39, 0.29) is 45.5 Å². The van der Waals surface area contributed by atoms with Gasteiger partial charge in [-0.2, -0.15) is 4.31 Å². The molecule has 0 saturated carbocycles. The minimum Gasteiger partial charge on any atom is -0.326 e. The van der Waals surface area contributed by atoms with Gasteiger partial charge in [-0.25, -0.2) is 13.2 Å². The van der Waals surface area contributed by atoms with Crippen molar-refractivity contribution < 1.29 is 13.2 Å². The van der Waals surface area contributed by atoms with E-state index in [0.717, 1.165) is 0 Å². The number of carbonyl (C=O) groups excluding carboxylic acids is 1. The molecule has 0 atom stereocenters. The number of rotatable bonds is 4. The quantitative estimate of drug-likeness (QED) is 0.544. The Morgan fingerprint density at radius 3 is 2.47 bits per heavy atom. The number of carbonyl (C=O) groups is 1. The third-order valence-electron chi connectivity index (χ3n) is 5.12. The van der Waals surface area contributed by atoms with Gasteiger partial charge >= 0.3 is 5.69 Å². The molecule has 3 aromatic rings. The number of sulfonamides is 1. The molecule has 1 aliphatic heterocycles. The van der Waals surface area contributed by atoms with Crippen LogP contribution in [0.5, 0.6) is 0 Å². The maximum atomic E-state index is 12.9. The summed E-state index contributed by atoms with van der Waals surface area (Å²) in [6.07, 6.45) is 0.763. The molecule has 0 aliphatic carbocycles. The number of imidazole rings is 1. The Bertz CT molecular complexity index is 1280. The van der Waals surface area contributed by atoms with Crippen LogP contribution in [0.3, 0.4) is 0 Å². The van der Waals surface area contributed by atoms with Gasteiger partial charge in [-0.15, -0.1) is 0 Å². The predicted octanol–water partition coefficient (Wildman–Crippen LogP) is 3.20. The molecule has 30 heavy (non-hydrogen) atoms. The van der Waals surface area contributed by atoms with Crippen LogP contribution in [0.1, 0.15) is 12.8 Å². The van der Waals surface area contributed by atoms with Gasteiger partial charge in [0.15, 0.2) is 0 Å². The van der Waals surface area contributed by atoms with E-state index in [1.807, 2.05) is 0 Å². The van der Waals surface area contributed by atoms with Crippen molar-refractivity contribution in [3.8, 4) is 0 Å². The highest BCUT2D eigenvalue weighted by molar-refractivity contribution is 7.89. The Morgan fingerprint density at radius 2 is 1.73 bits per heavy atom. The molecule has 1 aromatic heterocycles. The highest BCUT2D eigenvalue weighted by Gasteiger charge is 2.33. The summed E-state index contributed by atoms with van der Waals surface area (Å²) in [6, 6.07) is 9.38.